The topological polar surface area (TPSA) is 76.0 Å². The zero-order valence-electron chi connectivity index (χ0n) is 15.5. The second-order valence-electron chi connectivity index (χ2n) is 7.23. The van der Waals surface area contributed by atoms with E-state index in [-0.39, 0.29) is 29.8 Å². The summed E-state index contributed by atoms with van der Waals surface area (Å²) in [6, 6.07) is 0. The van der Waals surface area contributed by atoms with Gasteiger partial charge in [-0.25, -0.2) is 0 Å². The van der Waals surface area contributed by atoms with Gasteiger partial charge in [-0.3, -0.25) is 14.6 Å². The van der Waals surface area contributed by atoms with E-state index < -0.39 is 5.97 Å². The second-order valence-corrected chi connectivity index (χ2v) is 7.23. The van der Waals surface area contributed by atoms with Gasteiger partial charge in [0.05, 0.1) is 19.1 Å². The lowest BCUT2D eigenvalue weighted by Gasteiger charge is -2.31. The standard InChI is InChI=1S/C19H31NO4/c1-5-6-7-8-11-20-14-12-19(2,3)13-16(22)18(14)15(21)9-10-17(23)24-4/h21H,5-13H2,1-4H3. The number of nitrogens with zero attached hydrogens (tertiary/aromatic N) is 1. The van der Waals surface area contributed by atoms with Gasteiger partial charge >= 0.3 is 5.97 Å². The average Bonchev–Trinajstić information content (AvgIpc) is 2.50. The van der Waals surface area contributed by atoms with Crippen LogP contribution in [0.5, 0.6) is 0 Å². The van der Waals surface area contributed by atoms with Crippen LogP contribution in [0.15, 0.2) is 16.3 Å². The van der Waals surface area contributed by atoms with Crippen LogP contribution >= 0.6 is 0 Å². The van der Waals surface area contributed by atoms with Gasteiger partial charge in [-0.15, -0.1) is 0 Å². The van der Waals surface area contributed by atoms with Crippen LogP contribution < -0.4 is 0 Å². The molecule has 1 rings (SSSR count). The fourth-order valence-electron chi connectivity index (χ4n) is 2.95. The van der Waals surface area contributed by atoms with Crippen LogP contribution in [0.2, 0.25) is 0 Å². The molecule has 0 radical (unpaired) electrons. The van der Waals surface area contributed by atoms with Gasteiger partial charge in [0, 0.05) is 25.1 Å². The normalized spacial score (nSPS) is 21.0. The smallest absolute Gasteiger partial charge is 0.305 e. The number of carbonyl (C=O) groups is 2. The number of aliphatic imine (C=N–C) groups is 1. The predicted octanol–water partition coefficient (Wildman–Crippen LogP) is 4.16. The molecule has 1 aliphatic rings. The Balaban J connectivity index is 2.91. The number of aliphatic hydroxyl groups excluding tert-OH is 1. The molecular formula is C19H31NO4. The first-order valence-corrected chi connectivity index (χ1v) is 8.86. The molecule has 0 aromatic rings. The summed E-state index contributed by atoms with van der Waals surface area (Å²) in [5.74, 6) is -0.516. The molecule has 24 heavy (non-hydrogen) atoms. The van der Waals surface area contributed by atoms with Crippen LogP contribution in [-0.4, -0.2) is 36.2 Å². The quantitative estimate of drug-likeness (QED) is 0.312. The van der Waals surface area contributed by atoms with Crippen LogP contribution in [0.4, 0.5) is 0 Å². The fourth-order valence-corrected chi connectivity index (χ4v) is 2.95. The molecule has 0 saturated heterocycles. The molecule has 1 N–H and O–H groups in total. The van der Waals surface area contributed by atoms with Crippen molar-refractivity contribution in [1.82, 2.24) is 0 Å². The zero-order valence-corrected chi connectivity index (χ0v) is 15.5. The van der Waals surface area contributed by atoms with Gasteiger partial charge in [0.25, 0.3) is 0 Å². The molecule has 0 aromatic heterocycles. The molecule has 0 amide bonds. The minimum Gasteiger partial charge on any atom is -0.511 e. The molecule has 1 fully saturated rings. The summed E-state index contributed by atoms with van der Waals surface area (Å²) in [6.45, 7) is 6.92. The first-order chi connectivity index (χ1) is 11.3. The number of hydrogen-bond acceptors (Lipinski definition) is 5. The number of esters is 1. The number of methoxy groups -OCH3 is 1. The van der Waals surface area contributed by atoms with E-state index >= 15 is 0 Å². The average molecular weight is 337 g/mol. The van der Waals surface area contributed by atoms with Crippen LogP contribution in [-0.2, 0) is 14.3 Å². The van der Waals surface area contributed by atoms with E-state index in [1.54, 1.807) is 0 Å². The molecule has 0 aliphatic heterocycles. The summed E-state index contributed by atoms with van der Waals surface area (Å²) in [4.78, 5) is 28.4. The highest BCUT2D eigenvalue weighted by atomic mass is 16.5. The van der Waals surface area contributed by atoms with Crippen LogP contribution in [0.1, 0.15) is 72.1 Å². The molecule has 1 saturated carbocycles. The lowest BCUT2D eigenvalue weighted by atomic mass is 9.73. The lowest BCUT2D eigenvalue weighted by molar-refractivity contribution is -0.140. The van der Waals surface area contributed by atoms with E-state index in [0.717, 1.165) is 12.8 Å². The predicted molar refractivity (Wildman–Crippen MR) is 95.4 cm³/mol. The highest BCUT2D eigenvalue weighted by Gasteiger charge is 2.36. The number of ether oxygens (including phenoxy) is 1. The maximum atomic E-state index is 12.5. The monoisotopic (exact) mass is 337 g/mol. The summed E-state index contributed by atoms with van der Waals surface area (Å²) in [5, 5.41) is 10.3. The summed E-state index contributed by atoms with van der Waals surface area (Å²) < 4.78 is 4.59. The van der Waals surface area contributed by atoms with Gasteiger partial charge in [0.1, 0.15) is 5.76 Å². The molecule has 0 aromatic carbocycles. The largest absolute Gasteiger partial charge is 0.511 e. The van der Waals surface area contributed by atoms with Gasteiger partial charge in [-0.2, -0.15) is 0 Å². The Labute approximate surface area is 145 Å². The van der Waals surface area contributed by atoms with E-state index in [1.165, 1.54) is 20.0 Å². The van der Waals surface area contributed by atoms with E-state index in [2.05, 4.69) is 16.7 Å². The molecule has 0 spiro atoms. The third-order valence-corrected chi connectivity index (χ3v) is 4.25. The molecule has 0 unspecified atom stereocenters. The number of aliphatic hydroxyl groups is 1. The molecule has 0 atom stereocenters. The van der Waals surface area contributed by atoms with Crippen molar-refractivity contribution >= 4 is 17.5 Å². The molecule has 5 heteroatoms. The zero-order chi connectivity index (χ0) is 18.2. The van der Waals surface area contributed by atoms with E-state index in [1.807, 2.05) is 13.8 Å². The maximum absolute atomic E-state index is 12.5. The van der Waals surface area contributed by atoms with E-state index in [4.69, 9.17) is 0 Å². The number of ketones is 1. The Bertz CT molecular complexity index is 517. The van der Waals surface area contributed by atoms with Crippen molar-refractivity contribution in [3.63, 3.8) is 0 Å². The number of hydrogen-bond donors (Lipinski definition) is 1. The number of Topliss-reactive ketones (excluding diaryl/α,β-unsaturated/α-hetero) is 1. The van der Waals surface area contributed by atoms with Crippen molar-refractivity contribution < 1.29 is 19.4 Å². The van der Waals surface area contributed by atoms with Gasteiger partial charge in [-0.05, 0) is 18.3 Å². The molecule has 1 aliphatic carbocycles. The highest BCUT2D eigenvalue weighted by Crippen LogP contribution is 2.35. The fraction of sp³-hybridized carbons (Fsp3) is 0.737. The van der Waals surface area contributed by atoms with Crippen LogP contribution in [0.3, 0.4) is 0 Å². The summed E-state index contributed by atoms with van der Waals surface area (Å²) >= 11 is 0. The Morgan fingerprint density at radius 3 is 2.54 bits per heavy atom. The first kappa shape index (κ1) is 20.4. The molecule has 5 nitrogen and oxygen atoms in total. The molecule has 0 heterocycles. The first-order valence-electron chi connectivity index (χ1n) is 8.86. The Morgan fingerprint density at radius 2 is 1.92 bits per heavy atom. The van der Waals surface area contributed by atoms with Crippen molar-refractivity contribution in [2.75, 3.05) is 13.7 Å². The number of carbonyl (C=O) groups excluding carboxylic acids is 2. The van der Waals surface area contributed by atoms with Crippen molar-refractivity contribution in [2.45, 2.75) is 72.1 Å². The van der Waals surface area contributed by atoms with Gasteiger partial charge in [-0.1, -0.05) is 40.0 Å². The SMILES string of the molecule is CCCCCCN=C1CC(C)(C)CC(=O)C1=C(O)CCC(=O)OC. The lowest BCUT2D eigenvalue weighted by Crippen LogP contribution is -2.33. The Morgan fingerprint density at radius 1 is 1.21 bits per heavy atom. The highest BCUT2D eigenvalue weighted by molar-refractivity contribution is 6.24. The number of rotatable bonds is 8. The van der Waals surface area contributed by atoms with Crippen LogP contribution in [0, 0.1) is 5.41 Å². The summed E-state index contributed by atoms with van der Waals surface area (Å²) in [7, 11) is 1.31. The molecular weight excluding hydrogens is 306 g/mol. The summed E-state index contributed by atoms with van der Waals surface area (Å²) in [6.07, 6.45) is 5.70. The molecule has 0 bridgehead atoms. The maximum Gasteiger partial charge on any atom is 0.305 e. The third-order valence-electron chi connectivity index (χ3n) is 4.25. The van der Waals surface area contributed by atoms with Crippen molar-refractivity contribution in [1.29, 1.82) is 0 Å². The Hall–Kier alpha value is -1.65. The van der Waals surface area contributed by atoms with Gasteiger partial charge < -0.3 is 9.84 Å². The minimum absolute atomic E-state index is 0.0341. The van der Waals surface area contributed by atoms with Crippen molar-refractivity contribution in [3.8, 4) is 0 Å². The Kier molecular flexibility index (Phi) is 8.16. The molecule has 136 valence electrons. The van der Waals surface area contributed by atoms with Gasteiger partial charge in [0.15, 0.2) is 5.78 Å². The van der Waals surface area contributed by atoms with Gasteiger partial charge in [0.2, 0.25) is 0 Å². The second kappa shape index (κ2) is 9.60. The van der Waals surface area contributed by atoms with Crippen molar-refractivity contribution in [3.05, 3.63) is 11.3 Å². The van der Waals surface area contributed by atoms with E-state index in [0.29, 0.717) is 30.7 Å². The summed E-state index contributed by atoms with van der Waals surface area (Å²) in [5.41, 5.74) is 0.870. The minimum atomic E-state index is -0.399. The van der Waals surface area contributed by atoms with Crippen molar-refractivity contribution in [2.24, 2.45) is 10.4 Å². The number of allylic oxidation sites excluding steroid dienone is 2. The number of unbranched alkanes of at least 4 members (excludes halogenated alkanes) is 3. The van der Waals surface area contributed by atoms with Crippen LogP contribution in [0.25, 0.3) is 0 Å². The van der Waals surface area contributed by atoms with E-state index in [9.17, 15) is 14.7 Å². The third kappa shape index (κ3) is 6.46.